The third-order valence-electron chi connectivity index (χ3n) is 12.0. The Balaban J connectivity index is 4.27. The Hall–Kier alpha value is -1.59. The molecule has 0 unspecified atom stereocenters. The minimum atomic E-state index is -0.761. The summed E-state index contributed by atoms with van der Waals surface area (Å²) in [4.78, 5) is 37.9. The van der Waals surface area contributed by atoms with Crippen LogP contribution in [0.25, 0.3) is 0 Å². The van der Waals surface area contributed by atoms with E-state index in [1.54, 1.807) is 0 Å². The van der Waals surface area contributed by atoms with E-state index in [0.29, 0.717) is 19.3 Å². The molecule has 350 valence electrons. The number of carbonyl (C=O) groups excluding carboxylic acids is 3. The first-order valence-corrected chi connectivity index (χ1v) is 26.4. The van der Waals surface area contributed by atoms with Gasteiger partial charge in [0.05, 0.1) is 0 Å². The average molecular weight is 835 g/mol. The number of ether oxygens (including phenoxy) is 3. The van der Waals surface area contributed by atoms with Crippen LogP contribution < -0.4 is 0 Å². The number of hydrogen-bond acceptors (Lipinski definition) is 6. The van der Waals surface area contributed by atoms with Crippen LogP contribution >= 0.6 is 0 Å². The fourth-order valence-electron chi connectivity index (χ4n) is 8.04. The second-order valence-electron chi connectivity index (χ2n) is 18.6. The molecule has 0 aromatic rings. The van der Waals surface area contributed by atoms with Crippen LogP contribution in [0, 0.1) is 5.92 Å². The molecule has 6 nitrogen and oxygen atoms in total. The van der Waals surface area contributed by atoms with E-state index in [0.717, 1.165) is 63.7 Å². The van der Waals surface area contributed by atoms with Crippen molar-refractivity contribution >= 4 is 17.9 Å². The van der Waals surface area contributed by atoms with Crippen molar-refractivity contribution in [2.45, 2.75) is 303 Å². The van der Waals surface area contributed by atoms with Gasteiger partial charge < -0.3 is 14.2 Å². The molecule has 59 heavy (non-hydrogen) atoms. The number of carbonyl (C=O) groups is 3. The van der Waals surface area contributed by atoms with Crippen LogP contribution in [0.5, 0.6) is 0 Å². The van der Waals surface area contributed by atoms with E-state index in [1.807, 2.05) is 0 Å². The summed E-state index contributed by atoms with van der Waals surface area (Å²) in [5.74, 6) is -0.0641. The molecule has 0 heterocycles. The van der Waals surface area contributed by atoms with Gasteiger partial charge in [0.15, 0.2) is 6.10 Å². The van der Waals surface area contributed by atoms with E-state index in [1.165, 1.54) is 193 Å². The molecule has 0 aliphatic rings. The van der Waals surface area contributed by atoms with E-state index in [9.17, 15) is 14.4 Å². The molecular formula is C53H102O6. The molecule has 1 atom stereocenters. The predicted molar refractivity (Wildman–Crippen MR) is 252 cm³/mol. The van der Waals surface area contributed by atoms with Gasteiger partial charge in [0.1, 0.15) is 13.2 Å². The quantitative estimate of drug-likeness (QED) is 0.0345. The summed E-state index contributed by atoms with van der Waals surface area (Å²) in [6, 6.07) is 0. The standard InChI is InChI=1S/C53H102O6/c1-5-7-9-11-13-15-17-19-21-23-24-26-28-32-36-40-44-51(54)57-47-50(48-58-52(55)45-41-37-34-30-31-35-39-43-49(3)4)59-53(56)46-42-38-33-29-27-25-22-20-18-16-14-12-10-8-6-2/h49-50H,5-48H2,1-4H3/t50-/m1/s1. The molecule has 0 aliphatic carbocycles. The van der Waals surface area contributed by atoms with E-state index >= 15 is 0 Å². The van der Waals surface area contributed by atoms with Gasteiger partial charge in [0.25, 0.3) is 0 Å². The first kappa shape index (κ1) is 57.4. The van der Waals surface area contributed by atoms with E-state index in [2.05, 4.69) is 27.7 Å². The highest BCUT2D eigenvalue weighted by Gasteiger charge is 2.19. The number of unbranched alkanes of at least 4 members (excludes halogenated alkanes) is 35. The highest BCUT2D eigenvalue weighted by Crippen LogP contribution is 2.17. The molecule has 0 aromatic heterocycles. The molecule has 0 aromatic carbocycles. The Morgan fingerprint density at radius 3 is 0.831 bits per heavy atom. The fourth-order valence-corrected chi connectivity index (χ4v) is 8.04. The molecule has 0 rings (SSSR count). The molecule has 0 N–H and O–H groups in total. The normalized spacial score (nSPS) is 11.9. The first-order chi connectivity index (χ1) is 28.9. The SMILES string of the molecule is CCCCCCCCCCCCCCCCCCC(=O)OC[C@H](COC(=O)CCCCCCCCCC(C)C)OC(=O)CCCCCCCCCCCCCCCCC. The number of rotatable bonds is 48. The predicted octanol–water partition coefficient (Wildman–Crippen LogP) is 17.1. The Bertz CT molecular complexity index is 887. The third-order valence-corrected chi connectivity index (χ3v) is 12.0. The lowest BCUT2D eigenvalue weighted by Crippen LogP contribution is -2.30. The Kier molecular flexibility index (Phi) is 46.2. The first-order valence-electron chi connectivity index (χ1n) is 26.4. The van der Waals surface area contributed by atoms with Crippen LogP contribution in [0.2, 0.25) is 0 Å². The van der Waals surface area contributed by atoms with Gasteiger partial charge in [-0.25, -0.2) is 0 Å². The minimum absolute atomic E-state index is 0.0631. The lowest BCUT2D eigenvalue weighted by atomic mass is 10.0. The number of hydrogen-bond donors (Lipinski definition) is 0. The van der Waals surface area contributed by atoms with Crippen LogP contribution in [-0.4, -0.2) is 37.2 Å². The van der Waals surface area contributed by atoms with Crippen molar-refractivity contribution in [1.82, 2.24) is 0 Å². The minimum Gasteiger partial charge on any atom is -0.462 e. The Morgan fingerprint density at radius 2 is 0.559 bits per heavy atom. The largest absolute Gasteiger partial charge is 0.462 e. The maximum absolute atomic E-state index is 12.8. The summed E-state index contributed by atoms with van der Waals surface area (Å²) in [5, 5.41) is 0. The van der Waals surface area contributed by atoms with E-state index in [-0.39, 0.29) is 31.1 Å². The summed E-state index contributed by atoms with van der Waals surface area (Å²) in [6.45, 7) is 8.99. The summed E-state index contributed by atoms with van der Waals surface area (Å²) in [5.41, 5.74) is 0. The second-order valence-corrected chi connectivity index (χ2v) is 18.6. The van der Waals surface area contributed by atoms with Gasteiger partial charge in [-0.15, -0.1) is 0 Å². The summed E-state index contributed by atoms with van der Waals surface area (Å²) in [6.07, 6.45) is 49.5. The van der Waals surface area contributed by atoms with Gasteiger partial charge in [-0.1, -0.05) is 259 Å². The van der Waals surface area contributed by atoms with Crippen molar-refractivity contribution in [3.63, 3.8) is 0 Å². The van der Waals surface area contributed by atoms with Gasteiger partial charge >= 0.3 is 17.9 Å². The maximum atomic E-state index is 12.8. The highest BCUT2D eigenvalue weighted by atomic mass is 16.6. The smallest absolute Gasteiger partial charge is 0.306 e. The lowest BCUT2D eigenvalue weighted by molar-refractivity contribution is -0.167. The second kappa shape index (κ2) is 47.5. The summed E-state index contributed by atoms with van der Waals surface area (Å²) in [7, 11) is 0. The molecule has 0 bridgehead atoms. The van der Waals surface area contributed by atoms with Crippen LogP contribution in [0.3, 0.4) is 0 Å². The van der Waals surface area contributed by atoms with Gasteiger partial charge in [-0.3, -0.25) is 14.4 Å². The van der Waals surface area contributed by atoms with E-state index in [4.69, 9.17) is 14.2 Å². The molecule has 0 fully saturated rings. The van der Waals surface area contributed by atoms with Crippen LogP contribution in [0.4, 0.5) is 0 Å². The van der Waals surface area contributed by atoms with Gasteiger partial charge in [0.2, 0.25) is 0 Å². The zero-order valence-corrected chi connectivity index (χ0v) is 40.2. The van der Waals surface area contributed by atoms with Crippen LogP contribution in [-0.2, 0) is 28.6 Å². The van der Waals surface area contributed by atoms with E-state index < -0.39 is 6.10 Å². The fraction of sp³-hybridized carbons (Fsp3) is 0.943. The topological polar surface area (TPSA) is 78.9 Å². The maximum Gasteiger partial charge on any atom is 0.306 e. The molecule has 0 amide bonds. The monoisotopic (exact) mass is 835 g/mol. The highest BCUT2D eigenvalue weighted by molar-refractivity contribution is 5.71. The summed E-state index contributed by atoms with van der Waals surface area (Å²) >= 11 is 0. The van der Waals surface area contributed by atoms with Crippen molar-refractivity contribution in [3.05, 3.63) is 0 Å². The molecule has 0 radical (unpaired) electrons. The molecule has 0 spiro atoms. The van der Waals surface area contributed by atoms with Crippen LogP contribution in [0.1, 0.15) is 297 Å². The molecular weight excluding hydrogens is 733 g/mol. The van der Waals surface area contributed by atoms with Crippen molar-refractivity contribution in [2.75, 3.05) is 13.2 Å². The van der Waals surface area contributed by atoms with Gasteiger partial charge in [0, 0.05) is 19.3 Å². The van der Waals surface area contributed by atoms with Crippen molar-refractivity contribution in [2.24, 2.45) is 5.92 Å². The average Bonchev–Trinajstić information content (AvgIpc) is 3.22. The van der Waals surface area contributed by atoms with Crippen LogP contribution in [0.15, 0.2) is 0 Å². The van der Waals surface area contributed by atoms with Crippen molar-refractivity contribution < 1.29 is 28.6 Å². The summed E-state index contributed by atoms with van der Waals surface area (Å²) < 4.78 is 16.8. The molecule has 6 heteroatoms. The van der Waals surface area contributed by atoms with Crippen molar-refractivity contribution in [1.29, 1.82) is 0 Å². The lowest BCUT2D eigenvalue weighted by Gasteiger charge is -2.18. The zero-order chi connectivity index (χ0) is 43.1. The molecule has 0 saturated carbocycles. The third kappa shape index (κ3) is 47.3. The Morgan fingerprint density at radius 1 is 0.322 bits per heavy atom. The molecule has 0 aliphatic heterocycles. The molecule has 0 saturated heterocycles. The number of esters is 3. The Labute approximate surface area is 368 Å². The van der Waals surface area contributed by atoms with Crippen molar-refractivity contribution in [3.8, 4) is 0 Å². The van der Waals surface area contributed by atoms with Gasteiger partial charge in [-0.2, -0.15) is 0 Å². The zero-order valence-electron chi connectivity index (χ0n) is 40.2. The van der Waals surface area contributed by atoms with Gasteiger partial charge in [-0.05, 0) is 25.2 Å².